The number of nitrogens with zero attached hydrogens (tertiary/aromatic N) is 3. The first kappa shape index (κ1) is 19.3. The molecule has 0 fully saturated rings. The van der Waals surface area contributed by atoms with Crippen molar-refractivity contribution in [1.82, 2.24) is 0 Å². The van der Waals surface area contributed by atoms with Gasteiger partial charge in [-0.25, -0.2) is 4.79 Å². The second kappa shape index (κ2) is 7.67. The van der Waals surface area contributed by atoms with E-state index in [9.17, 15) is 19.7 Å². The van der Waals surface area contributed by atoms with Crippen molar-refractivity contribution in [1.29, 1.82) is 0 Å². The highest BCUT2D eigenvalue weighted by atomic mass is 16.6. The van der Waals surface area contributed by atoms with Gasteiger partial charge in [0, 0.05) is 31.9 Å². The van der Waals surface area contributed by atoms with E-state index in [1.54, 1.807) is 23.9 Å². The van der Waals surface area contributed by atoms with E-state index in [0.29, 0.717) is 5.69 Å². The van der Waals surface area contributed by atoms with Crippen LogP contribution >= 0.6 is 0 Å². The number of carbonyl (C=O) groups excluding carboxylic acids is 2. The van der Waals surface area contributed by atoms with Crippen LogP contribution in [0.3, 0.4) is 0 Å². The van der Waals surface area contributed by atoms with Crippen molar-refractivity contribution in [3.8, 4) is 0 Å². The highest BCUT2D eigenvalue weighted by Gasteiger charge is 2.31. The summed E-state index contributed by atoms with van der Waals surface area (Å²) in [7, 11) is 3.35. The molecule has 0 aliphatic carbocycles. The third-order valence-corrected chi connectivity index (χ3v) is 4.69. The van der Waals surface area contributed by atoms with E-state index in [1.807, 2.05) is 31.2 Å². The van der Waals surface area contributed by atoms with Gasteiger partial charge in [0.25, 0.3) is 11.6 Å². The third-order valence-electron chi connectivity index (χ3n) is 4.69. The number of fused-ring (bicyclic) bond motifs is 1. The molecule has 1 aliphatic heterocycles. The Balaban J connectivity index is 1.72. The molecule has 1 heterocycles. The number of amides is 1. The molecular weight excluding hydrogens is 362 g/mol. The Kier molecular flexibility index (Phi) is 5.30. The lowest BCUT2D eigenvalue weighted by Gasteiger charge is -2.22. The van der Waals surface area contributed by atoms with E-state index in [0.717, 1.165) is 23.7 Å². The van der Waals surface area contributed by atoms with Crippen LogP contribution in [0.15, 0.2) is 42.5 Å². The fraction of sp³-hybridized carbons (Fsp3) is 0.300. The molecular formula is C20H21N3O5. The van der Waals surface area contributed by atoms with Gasteiger partial charge >= 0.3 is 5.97 Å². The number of nitro groups is 1. The van der Waals surface area contributed by atoms with E-state index in [-0.39, 0.29) is 23.2 Å². The second-order valence-electron chi connectivity index (χ2n) is 6.88. The summed E-state index contributed by atoms with van der Waals surface area (Å²) in [6.07, 6.45) is 0.744. The zero-order chi connectivity index (χ0) is 20.4. The van der Waals surface area contributed by atoms with Gasteiger partial charge in [-0.15, -0.1) is 0 Å². The van der Waals surface area contributed by atoms with Crippen molar-refractivity contribution < 1.29 is 19.2 Å². The number of esters is 1. The number of para-hydroxylation sites is 1. The number of carbonyl (C=O) groups is 2. The number of hydrogen-bond donors (Lipinski definition) is 0. The van der Waals surface area contributed by atoms with Crippen LogP contribution in [0.5, 0.6) is 0 Å². The van der Waals surface area contributed by atoms with E-state index in [1.165, 1.54) is 12.1 Å². The summed E-state index contributed by atoms with van der Waals surface area (Å²) in [5.41, 5.74) is 2.10. The number of nitro benzene ring substituents is 1. The first-order chi connectivity index (χ1) is 13.3. The van der Waals surface area contributed by atoms with Gasteiger partial charge in [-0.3, -0.25) is 14.9 Å². The van der Waals surface area contributed by atoms with E-state index >= 15 is 0 Å². The summed E-state index contributed by atoms with van der Waals surface area (Å²) in [4.78, 5) is 38.8. The minimum Gasteiger partial charge on any atom is -0.452 e. The zero-order valence-electron chi connectivity index (χ0n) is 15.9. The Bertz CT molecular complexity index is 941. The highest BCUT2D eigenvalue weighted by Crippen LogP contribution is 2.32. The predicted molar refractivity (Wildman–Crippen MR) is 105 cm³/mol. The molecule has 28 heavy (non-hydrogen) atoms. The number of ether oxygens (including phenoxy) is 1. The molecule has 0 unspecified atom stereocenters. The standard InChI is InChI=1S/C20H21N3O5/c1-13-10-14-6-4-5-7-16(14)22(13)19(24)12-28-20(25)15-8-9-17(21(2)3)18(11-15)23(26)27/h4-9,11,13H,10,12H2,1-3H3/t13-/m1/s1. The smallest absolute Gasteiger partial charge is 0.338 e. The Labute approximate surface area is 162 Å². The first-order valence-electron chi connectivity index (χ1n) is 8.82. The summed E-state index contributed by atoms with van der Waals surface area (Å²) < 4.78 is 5.13. The average Bonchev–Trinajstić information content (AvgIpc) is 3.00. The maximum atomic E-state index is 12.6. The third kappa shape index (κ3) is 3.66. The van der Waals surface area contributed by atoms with Crippen LogP contribution in [-0.4, -0.2) is 43.5 Å². The average molecular weight is 383 g/mol. The van der Waals surface area contributed by atoms with Crippen LogP contribution in [0, 0.1) is 10.1 Å². The SMILES string of the molecule is C[C@@H]1Cc2ccccc2N1C(=O)COC(=O)c1ccc(N(C)C)c([N+](=O)[O-])c1. The van der Waals surface area contributed by atoms with Crippen molar-refractivity contribution in [2.75, 3.05) is 30.5 Å². The molecule has 146 valence electrons. The molecule has 2 aromatic carbocycles. The largest absolute Gasteiger partial charge is 0.452 e. The molecule has 0 saturated heterocycles. The minimum absolute atomic E-state index is 0.0240. The van der Waals surface area contributed by atoms with Crippen molar-refractivity contribution >= 4 is 28.9 Å². The fourth-order valence-electron chi connectivity index (χ4n) is 3.40. The normalized spacial score (nSPS) is 15.1. The summed E-state index contributed by atoms with van der Waals surface area (Å²) in [5.74, 6) is -1.10. The molecule has 0 spiro atoms. The lowest BCUT2D eigenvalue weighted by Crippen LogP contribution is -2.38. The van der Waals surface area contributed by atoms with Crippen molar-refractivity contribution in [3.05, 3.63) is 63.7 Å². The molecule has 0 aromatic heterocycles. The second-order valence-corrected chi connectivity index (χ2v) is 6.88. The number of rotatable bonds is 5. The maximum Gasteiger partial charge on any atom is 0.338 e. The zero-order valence-corrected chi connectivity index (χ0v) is 15.9. The Morgan fingerprint density at radius 1 is 1.25 bits per heavy atom. The first-order valence-corrected chi connectivity index (χ1v) is 8.82. The molecule has 0 N–H and O–H groups in total. The summed E-state index contributed by atoms with van der Waals surface area (Å²) in [5, 5.41) is 11.3. The lowest BCUT2D eigenvalue weighted by molar-refractivity contribution is -0.384. The van der Waals surface area contributed by atoms with Gasteiger partial charge in [0.15, 0.2) is 6.61 Å². The molecule has 0 saturated carbocycles. The van der Waals surface area contributed by atoms with Crippen LogP contribution in [0.25, 0.3) is 0 Å². The molecule has 8 heteroatoms. The lowest BCUT2D eigenvalue weighted by atomic mass is 10.1. The quantitative estimate of drug-likeness (QED) is 0.448. The number of hydrogen-bond acceptors (Lipinski definition) is 6. The highest BCUT2D eigenvalue weighted by molar-refractivity contribution is 5.99. The van der Waals surface area contributed by atoms with Crippen LogP contribution < -0.4 is 9.80 Å². The van der Waals surface area contributed by atoms with Gasteiger partial charge in [-0.2, -0.15) is 0 Å². The van der Waals surface area contributed by atoms with Crippen LogP contribution in [0.2, 0.25) is 0 Å². The van der Waals surface area contributed by atoms with Crippen LogP contribution in [0.4, 0.5) is 17.1 Å². The molecule has 0 radical (unpaired) electrons. The predicted octanol–water partition coefficient (Wildman–Crippen LogP) is 2.80. The summed E-state index contributed by atoms with van der Waals surface area (Å²) in [6, 6.07) is 11.7. The Morgan fingerprint density at radius 2 is 1.96 bits per heavy atom. The maximum absolute atomic E-state index is 12.6. The Hall–Kier alpha value is -3.42. The van der Waals surface area contributed by atoms with E-state index in [2.05, 4.69) is 0 Å². The van der Waals surface area contributed by atoms with Crippen molar-refractivity contribution in [3.63, 3.8) is 0 Å². The van der Waals surface area contributed by atoms with Gasteiger partial charge in [-0.05, 0) is 37.1 Å². The Morgan fingerprint density at radius 3 is 2.64 bits per heavy atom. The molecule has 1 aliphatic rings. The summed E-state index contributed by atoms with van der Waals surface area (Å²) in [6.45, 7) is 1.50. The van der Waals surface area contributed by atoms with Gasteiger partial charge in [0.2, 0.25) is 0 Å². The topological polar surface area (TPSA) is 93.0 Å². The van der Waals surface area contributed by atoms with Crippen molar-refractivity contribution in [2.24, 2.45) is 0 Å². The number of benzene rings is 2. The van der Waals surface area contributed by atoms with E-state index < -0.39 is 17.5 Å². The minimum atomic E-state index is -0.776. The van der Waals surface area contributed by atoms with Crippen molar-refractivity contribution in [2.45, 2.75) is 19.4 Å². The van der Waals surface area contributed by atoms with E-state index in [4.69, 9.17) is 4.74 Å². The van der Waals surface area contributed by atoms with Gasteiger partial charge in [0.1, 0.15) is 5.69 Å². The fourth-order valence-corrected chi connectivity index (χ4v) is 3.40. The molecule has 3 rings (SSSR count). The molecule has 0 bridgehead atoms. The summed E-state index contributed by atoms with van der Waals surface area (Å²) >= 11 is 0. The van der Waals surface area contributed by atoms with Crippen LogP contribution in [-0.2, 0) is 16.0 Å². The monoisotopic (exact) mass is 383 g/mol. The molecule has 1 amide bonds. The molecule has 8 nitrogen and oxygen atoms in total. The van der Waals surface area contributed by atoms with Crippen LogP contribution in [0.1, 0.15) is 22.8 Å². The molecule has 2 aromatic rings. The van der Waals surface area contributed by atoms with Gasteiger partial charge in [0.05, 0.1) is 10.5 Å². The van der Waals surface area contributed by atoms with Gasteiger partial charge < -0.3 is 14.5 Å². The molecule has 1 atom stereocenters. The number of anilines is 2. The van der Waals surface area contributed by atoms with Gasteiger partial charge in [-0.1, -0.05) is 18.2 Å².